The quantitative estimate of drug-likeness (QED) is 0.740. The van der Waals surface area contributed by atoms with Crippen LogP contribution in [0.1, 0.15) is 23.6 Å². The van der Waals surface area contributed by atoms with Crippen molar-refractivity contribution in [1.29, 1.82) is 5.26 Å². The van der Waals surface area contributed by atoms with Gasteiger partial charge in [-0.3, -0.25) is 0 Å². The number of hydrogen-bond donors (Lipinski definition) is 0. The van der Waals surface area contributed by atoms with Crippen LogP contribution in [0.25, 0.3) is 11.4 Å². The SMILES string of the molecule is CCc1ccc(-c2nnn(Cc3cccc(C#N)c3)n2)cc1. The fourth-order valence-electron chi connectivity index (χ4n) is 2.22. The fraction of sp³-hybridized carbons (Fsp3) is 0.176. The van der Waals surface area contributed by atoms with Crippen molar-refractivity contribution in [3.05, 3.63) is 65.2 Å². The number of nitrogens with zero attached hydrogens (tertiary/aromatic N) is 5. The van der Waals surface area contributed by atoms with Crippen LogP contribution >= 0.6 is 0 Å². The fourth-order valence-corrected chi connectivity index (χ4v) is 2.22. The lowest BCUT2D eigenvalue weighted by atomic mass is 10.1. The van der Waals surface area contributed by atoms with Crippen molar-refractivity contribution >= 4 is 0 Å². The second-order valence-electron chi connectivity index (χ2n) is 5.01. The Labute approximate surface area is 128 Å². The van der Waals surface area contributed by atoms with Crippen LogP contribution in [0.2, 0.25) is 0 Å². The third-order valence-corrected chi connectivity index (χ3v) is 3.45. The lowest BCUT2D eigenvalue weighted by Crippen LogP contribution is -2.04. The Morgan fingerprint density at radius 3 is 2.64 bits per heavy atom. The molecule has 0 amide bonds. The van der Waals surface area contributed by atoms with Crippen LogP contribution in [0.15, 0.2) is 48.5 Å². The zero-order chi connectivity index (χ0) is 15.4. The minimum absolute atomic E-state index is 0.496. The standard InChI is InChI=1S/C17H15N5/c1-2-13-6-8-16(9-7-13)17-19-21-22(20-17)12-15-5-3-4-14(10-15)11-18/h3-10H,2,12H2,1H3. The molecule has 108 valence electrons. The Kier molecular flexibility index (Phi) is 3.92. The van der Waals surface area contributed by atoms with E-state index >= 15 is 0 Å². The van der Waals surface area contributed by atoms with Gasteiger partial charge in [0.05, 0.1) is 18.2 Å². The first-order valence-electron chi connectivity index (χ1n) is 7.14. The molecule has 5 nitrogen and oxygen atoms in total. The number of benzene rings is 2. The molecule has 0 saturated heterocycles. The maximum atomic E-state index is 8.92. The number of hydrogen-bond acceptors (Lipinski definition) is 4. The molecule has 0 aliphatic rings. The molecule has 3 aromatic rings. The summed E-state index contributed by atoms with van der Waals surface area (Å²) in [5.74, 6) is 0.610. The second-order valence-corrected chi connectivity index (χ2v) is 5.01. The minimum atomic E-state index is 0.496. The summed E-state index contributed by atoms with van der Waals surface area (Å²) >= 11 is 0. The number of nitriles is 1. The summed E-state index contributed by atoms with van der Waals surface area (Å²) in [5.41, 5.74) is 3.84. The molecule has 0 saturated carbocycles. The van der Waals surface area contributed by atoms with Gasteiger partial charge in [-0.1, -0.05) is 43.3 Å². The molecule has 0 N–H and O–H groups in total. The highest BCUT2D eigenvalue weighted by Crippen LogP contribution is 2.15. The predicted octanol–water partition coefficient (Wildman–Crippen LogP) is 2.82. The van der Waals surface area contributed by atoms with Gasteiger partial charge in [0.25, 0.3) is 0 Å². The second kappa shape index (κ2) is 6.19. The van der Waals surface area contributed by atoms with Crippen molar-refractivity contribution in [2.75, 3.05) is 0 Å². The molecule has 5 heteroatoms. The van der Waals surface area contributed by atoms with Crippen LogP contribution < -0.4 is 0 Å². The van der Waals surface area contributed by atoms with Gasteiger partial charge >= 0.3 is 0 Å². The van der Waals surface area contributed by atoms with Gasteiger partial charge in [-0.15, -0.1) is 10.2 Å². The van der Waals surface area contributed by atoms with E-state index in [1.807, 2.05) is 30.3 Å². The number of tetrazole rings is 1. The lowest BCUT2D eigenvalue weighted by Gasteiger charge is -2.00. The molecule has 0 aliphatic carbocycles. The Balaban J connectivity index is 1.79. The smallest absolute Gasteiger partial charge is 0.192 e. The Morgan fingerprint density at radius 2 is 1.91 bits per heavy atom. The molecule has 0 aliphatic heterocycles. The summed E-state index contributed by atoms with van der Waals surface area (Å²) in [6, 6.07) is 17.7. The van der Waals surface area contributed by atoms with E-state index in [1.54, 1.807) is 10.9 Å². The van der Waals surface area contributed by atoms with Crippen LogP contribution in [0.3, 0.4) is 0 Å². The van der Waals surface area contributed by atoms with E-state index in [0.29, 0.717) is 17.9 Å². The van der Waals surface area contributed by atoms with E-state index in [-0.39, 0.29) is 0 Å². The summed E-state index contributed by atoms with van der Waals surface area (Å²) in [6.45, 7) is 2.62. The van der Waals surface area contributed by atoms with Gasteiger partial charge < -0.3 is 0 Å². The Hall–Kier alpha value is -3.00. The Morgan fingerprint density at radius 1 is 1.09 bits per heavy atom. The van der Waals surface area contributed by atoms with Crippen LogP contribution in [0, 0.1) is 11.3 Å². The molecule has 2 aromatic carbocycles. The third kappa shape index (κ3) is 3.01. The molecular formula is C17H15N5. The van der Waals surface area contributed by atoms with Gasteiger partial charge in [-0.2, -0.15) is 10.1 Å². The molecule has 0 bridgehead atoms. The molecule has 3 rings (SSSR count). The molecule has 0 radical (unpaired) electrons. The summed E-state index contributed by atoms with van der Waals surface area (Å²) in [6.07, 6.45) is 1.01. The first-order valence-corrected chi connectivity index (χ1v) is 7.14. The monoisotopic (exact) mass is 289 g/mol. The molecule has 0 spiro atoms. The van der Waals surface area contributed by atoms with Gasteiger partial charge in [0, 0.05) is 5.56 Å². The molecule has 0 unspecified atom stereocenters. The van der Waals surface area contributed by atoms with Crippen LogP contribution in [-0.4, -0.2) is 20.2 Å². The van der Waals surface area contributed by atoms with Gasteiger partial charge in [-0.05, 0) is 34.9 Å². The largest absolute Gasteiger partial charge is 0.204 e. The van der Waals surface area contributed by atoms with E-state index in [4.69, 9.17) is 5.26 Å². The first kappa shape index (κ1) is 14.0. The van der Waals surface area contributed by atoms with Gasteiger partial charge in [0.15, 0.2) is 0 Å². The summed E-state index contributed by atoms with van der Waals surface area (Å²) < 4.78 is 0. The Bertz CT molecular complexity index is 812. The van der Waals surface area contributed by atoms with Gasteiger partial charge in [0.1, 0.15) is 0 Å². The number of rotatable bonds is 4. The zero-order valence-electron chi connectivity index (χ0n) is 12.3. The summed E-state index contributed by atoms with van der Waals surface area (Å²) in [5, 5.41) is 21.5. The van der Waals surface area contributed by atoms with Gasteiger partial charge in [-0.25, -0.2) is 0 Å². The predicted molar refractivity (Wildman–Crippen MR) is 82.9 cm³/mol. The van der Waals surface area contributed by atoms with Crippen LogP contribution in [0.4, 0.5) is 0 Å². The van der Waals surface area contributed by atoms with Crippen molar-refractivity contribution in [2.45, 2.75) is 19.9 Å². The van der Waals surface area contributed by atoms with Crippen molar-refractivity contribution in [3.8, 4) is 17.5 Å². The van der Waals surface area contributed by atoms with Crippen molar-refractivity contribution in [2.24, 2.45) is 0 Å². The molecule has 0 fully saturated rings. The number of aryl methyl sites for hydroxylation is 1. The van der Waals surface area contributed by atoms with Crippen LogP contribution in [0.5, 0.6) is 0 Å². The third-order valence-electron chi connectivity index (χ3n) is 3.45. The lowest BCUT2D eigenvalue weighted by molar-refractivity contribution is 0.573. The van der Waals surface area contributed by atoms with Crippen molar-refractivity contribution < 1.29 is 0 Å². The average molecular weight is 289 g/mol. The molecule has 1 heterocycles. The highest BCUT2D eigenvalue weighted by Gasteiger charge is 2.06. The van der Waals surface area contributed by atoms with E-state index in [1.165, 1.54) is 5.56 Å². The molecule has 0 atom stereocenters. The van der Waals surface area contributed by atoms with Crippen LogP contribution in [-0.2, 0) is 13.0 Å². The first-order chi connectivity index (χ1) is 10.8. The van der Waals surface area contributed by atoms with E-state index in [9.17, 15) is 0 Å². The maximum Gasteiger partial charge on any atom is 0.204 e. The average Bonchev–Trinajstić information content (AvgIpc) is 3.03. The molecule has 22 heavy (non-hydrogen) atoms. The number of aromatic nitrogens is 4. The maximum absolute atomic E-state index is 8.92. The highest BCUT2D eigenvalue weighted by molar-refractivity contribution is 5.54. The van der Waals surface area contributed by atoms with Gasteiger partial charge in [0.2, 0.25) is 5.82 Å². The van der Waals surface area contributed by atoms with E-state index in [2.05, 4.69) is 40.5 Å². The molecule has 1 aromatic heterocycles. The molecular weight excluding hydrogens is 274 g/mol. The van der Waals surface area contributed by atoms with E-state index in [0.717, 1.165) is 17.5 Å². The summed E-state index contributed by atoms with van der Waals surface area (Å²) in [4.78, 5) is 1.54. The van der Waals surface area contributed by atoms with E-state index < -0.39 is 0 Å². The highest BCUT2D eigenvalue weighted by atomic mass is 15.6. The minimum Gasteiger partial charge on any atom is -0.192 e. The normalized spacial score (nSPS) is 10.4. The van der Waals surface area contributed by atoms with Crippen molar-refractivity contribution in [3.63, 3.8) is 0 Å². The van der Waals surface area contributed by atoms with Crippen molar-refractivity contribution in [1.82, 2.24) is 20.2 Å². The summed E-state index contributed by atoms with van der Waals surface area (Å²) in [7, 11) is 0. The zero-order valence-corrected chi connectivity index (χ0v) is 12.3. The topological polar surface area (TPSA) is 67.4 Å².